The van der Waals surface area contributed by atoms with E-state index in [1.54, 1.807) is 0 Å². The molecule has 5 heteroatoms. The Labute approximate surface area is 144 Å². The lowest BCUT2D eigenvalue weighted by Gasteiger charge is -2.15. The Morgan fingerprint density at radius 2 is 2.00 bits per heavy atom. The van der Waals surface area contributed by atoms with E-state index in [2.05, 4.69) is 27.3 Å². The second-order valence-electron chi connectivity index (χ2n) is 5.31. The van der Waals surface area contributed by atoms with E-state index in [-0.39, 0.29) is 5.91 Å². The van der Waals surface area contributed by atoms with Crippen LogP contribution in [-0.2, 0) is 17.9 Å². The van der Waals surface area contributed by atoms with Gasteiger partial charge in [-0.1, -0.05) is 57.9 Å². The summed E-state index contributed by atoms with van der Waals surface area (Å²) in [5.41, 5.74) is 2.20. The summed E-state index contributed by atoms with van der Waals surface area (Å²) in [6.07, 6.45) is 0. The van der Waals surface area contributed by atoms with Crippen molar-refractivity contribution in [1.29, 1.82) is 0 Å². The van der Waals surface area contributed by atoms with Crippen LogP contribution < -0.4 is 10.2 Å². The first kappa shape index (κ1) is 17.0. The third-order valence-corrected chi connectivity index (χ3v) is 4.30. The Balaban J connectivity index is 1.80. The monoisotopic (exact) mass is 381 g/mol. The maximum Gasteiger partial charge on any atom is 0.275 e. The second-order valence-corrected chi connectivity index (χ2v) is 6.60. The number of likely N-dealkylation sites (N-methyl/N-ethyl adjacent to an activating group) is 1. The van der Waals surface area contributed by atoms with Gasteiger partial charge in [0.05, 0.1) is 7.05 Å². The molecule has 0 heterocycles. The number of amides is 1. The minimum Gasteiger partial charge on any atom is -0.347 e. The van der Waals surface area contributed by atoms with Crippen molar-refractivity contribution in [2.24, 2.45) is 0 Å². The average molecular weight is 383 g/mol. The lowest BCUT2D eigenvalue weighted by atomic mass is 10.2. The molecule has 2 aromatic rings. The van der Waals surface area contributed by atoms with E-state index >= 15 is 0 Å². The van der Waals surface area contributed by atoms with Crippen molar-refractivity contribution in [1.82, 2.24) is 5.32 Å². The van der Waals surface area contributed by atoms with Crippen molar-refractivity contribution < 1.29 is 9.69 Å². The van der Waals surface area contributed by atoms with Gasteiger partial charge in [0.25, 0.3) is 5.91 Å². The van der Waals surface area contributed by atoms with Crippen LogP contribution in [0.1, 0.15) is 11.1 Å². The van der Waals surface area contributed by atoms with Crippen LogP contribution in [0, 0.1) is 0 Å². The smallest absolute Gasteiger partial charge is 0.275 e. The predicted octanol–water partition coefficient (Wildman–Crippen LogP) is 2.43. The van der Waals surface area contributed by atoms with Crippen LogP contribution in [-0.4, -0.2) is 19.5 Å². The van der Waals surface area contributed by atoms with Gasteiger partial charge >= 0.3 is 0 Å². The zero-order valence-electron chi connectivity index (χ0n) is 12.4. The molecule has 0 saturated heterocycles. The fourth-order valence-corrected chi connectivity index (χ4v) is 2.85. The molecule has 0 aromatic heterocycles. The molecule has 3 nitrogen and oxygen atoms in total. The minimum absolute atomic E-state index is 0.0320. The van der Waals surface area contributed by atoms with Crippen molar-refractivity contribution in [2.75, 3.05) is 13.6 Å². The van der Waals surface area contributed by atoms with E-state index in [9.17, 15) is 4.79 Å². The Morgan fingerprint density at radius 1 is 1.23 bits per heavy atom. The van der Waals surface area contributed by atoms with Crippen LogP contribution in [0.3, 0.4) is 0 Å². The SMILES string of the molecule is C[NH+](CC(=O)NCc1cccc(Cl)c1)Cc1ccccc1Br. The van der Waals surface area contributed by atoms with E-state index in [0.717, 1.165) is 21.5 Å². The molecule has 1 amide bonds. The molecule has 2 rings (SSSR count). The van der Waals surface area contributed by atoms with Crippen LogP contribution in [0.2, 0.25) is 5.02 Å². The molecule has 0 bridgehead atoms. The quantitative estimate of drug-likeness (QED) is 0.790. The lowest BCUT2D eigenvalue weighted by molar-refractivity contribution is -0.885. The zero-order valence-corrected chi connectivity index (χ0v) is 14.7. The number of halogens is 2. The molecule has 0 spiro atoms. The van der Waals surface area contributed by atoms with Crippen molar-refractivity contribution in [3.8, 4) is 0 Å². The van der Waals surface area contributed by atoms with Crippen molar-refractivity contribution in [3.05, 3.63) is 69.2 Å². The van der Waals surface area contributed by atoms with Gasteiger partial charge in [-0.2, -0.15) is 0 Å². The molecule has 1 unspecified atom stereocenters. The molecule has 0 aliphatic carbocycles. The first-order chi connectivity index (χ1) is 10.5. The molecule has 0 saturated carbocycles. The zero-order chi connectivity index (χ0) is 15.9. The van der Waals surface area contributed by atoms with Gasteiger partial charge in [0.1, 0.15) is 6.54 Å². The first-order valence-corrected chi connectivity index (χ1v) is 8.27. The number of carbonyl (C=O) groups excluding carboxylic acids is 1. The molecule has 0 radical (unpaired) electrons. The van der Waals surface area contributed by atoms with Gasteiger partial charge in [0, 0.05) is 21.6 Å². The predicted molar refractivity (Wildman–Crippen MR) is 92.9 cm³/mol. The van der Waals surface area contributed by atoms with Crippen molar-refractivity contribution in [2.45, 2.75) is 13.1 Å². The standard InChI is InChI=1S/C17H18BrClN2O/c1-21(11-14-6-2-3-8-16(14)18)12-17(22)20-10-13-5-4-7-15(19)9-13/h2-9H,10-12H2,1H3,(H,20,22)/p+1. The second kappa shape index (κ2) is 8.32. The van der Waals surface area contributed by atoms with E-state index in [1.165, 1.54) is 5.56 Å². The maximum atomic E-state index is 12.0. The van der Waals surface area contributed by atoms with E-state index in [0.29, 0.717) is 18.1 Å². The van der Waals surface area contributed by atoms with Crippen LogP contribution in [0.25, 0.3) is 0 Å². The number of rotatable bonds is 6. The number of nitrogens with one attached hydrogen (secondary N) is 2. The van der Waals surface area contributed by atoms with Gasteiger partial charge in [0.15, 0.2) is 6.54 Å². The van der Waals surface area contributed by atoms with Crippen molar-refractivity contribution >= 4 is 33.4 Å². The Hall–Kier alpha value is -1.36. The molecule has 1 atom stereocenters. The molecule has 0 aliphatic rings. The Bertz CT molecular complexity index is 648. The van der Waals surface area contributed by atoms with Gasteiger partial charge in [-0.15, -0.1) is 0 Å². The lowest BCUT2D eigenvalue weighted by Crippen LogP contribution is -3.08. The number of hydrogen-bond acceptors (Lipinski definition) is 1. The van der Waals surface area contributed by atoms with Gasteiger partial charge < -0.3 is 10.2 Å². The molecular formula is C17H19BrClN2O+. The molecule has 0 fully saturated rings. The largest absolute Gasteiger partial charge is 0.347 e. The summed E-state index contributed by atoms with van der Waals surface area (Å²) in [5, 5.41) is 3.61. The van der Waals surface area contributed by atoms with Crippen LogP contribution in [0.15, 0.2) is 53.0 Å². The van der Waals surface area contributed by atoms with E-state index in [4.69, 9.17) is 11.6 Å². The first-order valence-electron chi connectivity index (χ1n) is 7.10. The third kappa shape index (κ3) is 5.44. The molecule has 22 heavy (non-hydrogen) atoms. The highest BCUT2D eigenvalue weighted by molar-refractivity contribution is 9.10. The van der Waals surface area contributed by atoms with Gasteiger partial charge in [-0.25, -0.2) is 0 Å². The summed E-state index contributed by atoms with van der Waals surface area (Å²) < 4.78 is 1.08. The molecule has 116 valence electrons. The number of hydrogen-bond donors (Lipinski definition) is 2. The molecule has 2 N–H and O–H groups in total. The summed E-state index contributed by atoms with van der Waals surface area (Å²) in [7, 11) is 2.01. The summed E-state index contributed by atoms with van der Waals surface area (Å²) in [6.45, 7) is 1.73. The van der Waals surface area contributed by atoms with Gasteiger partial charge in [-0.3, -0.25) is 4.79 Å². The van der Waals surface area contributed by atoms with E-state index in [1.807, 2.05) is 49.5 Å². The molecule has 0 aliphatic heterocycles. The van der Waals surface area contributed by atoms with Gasteiger partial charge in [-0.05, 0) is 23.8 Å². The van der Waals surface area contributed by atoms with Gasteiger partial charge in [0.2, 0.25) is 0 Å². The Kier molecular flexibility index (Phi) is 6.43. The van der Waals surface area contributed by atoms with E-state index < -0.39 is 0 Å². The number of benzene rings is 2. The molecule has 2 aromatic carbocycles. The highest BCUT2D eigenvalue weighted by Crippen LogP contribution is 2.14. The minimum atomic E-state index is 0.0320. The summed E-state index contributed by atoms with van der Waals surface area (Å²) >= 11 is 9.46. The number of quaternary nitrogens is 1. The summed E-state index contributed by atoms with van der Waals surface area (Å²) in [5.74, 6) is 0.0320. The van der Waals surface area contributed by atoms with Crippen LogP contribution in [0.4, 0.5) is 0 Å². The van der Waals surface area contributed by atoms with Crippen LogP contribution >= 0.6 is 27.5 Å². The highest BCUT2D eigenvalue weighted by Gasteiger charge is 2.11. The maximum absolute atomic E-state index is 12.0. The fraction of sp³-hybridized carbons (Fsp3) is 0.235. The normalized spacial score (nSPS) is 12.0. The number of carbonyl (C=O) groups is 1. The third-order valence-electron chi connectivity index (χ3n) is 3.29. The molecular weight excluding hydrogens is 364 g/mol. The van der Waals surface area contributed by atoms with Crippen LogP contribution in [0.5, 0.6) is 0 Å². The topological polar surface area (TPSA) is 33.5 Å². The average Bonchev–Trinajstić information content (AvgIpc) is 2.47. The highest BCUT2D eigenvalue weighted by atomic mass is 79.9. The van der Waals surface area contributed by atoms with Crippen molar-refractivity contribution in [3.63, 3.8) is 0 Å². The summed E-state index contributed by atoms with van der Waals surface area (Å²) in [6, 6.07) is 15.6. The fourth-order valence-electron chi connectivity index (χ4n) is 2.21. The Morgan fingerprint density at radius 3 is 2.73 bits per heavy atom. The summed E-state index contributed by atoms with van der Waals surface area (Å²) in [4.78, 5) is 13.1.